The summed E-state index contributed by atoms with van der Waals surface area (Å²) in [6.07, 6.45) is 15.4. The van der Waals surface area contributed by atoms with Crippen LogP contribution in [0, 0.1) is 0 Å². The summed E-state index contributed by atoms with van der Waals surface area (Å²) < 4.78 is 0. The second kappa shape index (κ2) is 11.7. The van der Waals surface area contributed by atoms with Crippen LogP contribution in [0.5, 0.6) is 0 Å². The van der Waals surface area contributed by atoms with Gasteiger partial charge in [0.05, 0.1) is 0 Å². The van der Waals surface area contributed by atoms with E-state index < -0.39 is 16.1 Å². The van der Waals surface area contributed by atoms with E-state index in [1.165, 1.54) is 69.9 Å². The van der Waals surface area contributed by atoms with Crippen LogP contribution in [0.4, 0.5) is 0 Å². The summed E-state index contributed by atoms with van der Waals surface area (Å²) in [5.41, 5.74) is 1.81. The third-order valence-electron chi connectivity index (χ3n) is 4.01. The first-order valence-corrected chi connectivity index (χ1v) is 17.2. The van der Waals surface area contributed by atoms with Crippen LogP contribution in [0.2, 0.25) is 51.4 Å². The fraction of sp³-hybridized carbons (Fsp3) is 0.900. The predicted molar refractivity (Wildman–Crippen MR) is 112 cm³/mol. The van der Waals surface area contributed by atoms with Gasteiger partial charge in [-0.2, -0.15) is 0 Å². The van der Waals surface area contributed by atoms with Crippen LogP contribution >= 0.6 is 0 Å². The van der Waals surface area contributed by atoms with E-state index in [9.17, 15) is 0 Å². The van der Waals surface area contributed by atoms with Crippen molar-refractivity contribution in [1.29, 1.82) is 0 Å². The maximum atomic E-state index is 2.63. The molecule has 0 unspecified atom stereocenters. The number of allylic oxidation sites excluding steroid dienone is 2. The highest BCUT2D eigenvalue weighted by molar-refractivity contribution is 6.78. The van der Waals surface area contributed by atoms with Crippen molar-refractivity contribution in [3.63, 3.8) is 0 Å². The Bertz CT molecular complexity index is 274. The lowest BCUT2D eigenvalue weighted by Gasteiger charge is -2.24. The average Bonchev–Trinajstić information content (AvgIpc) is 2.32. The Hall–Kier alpha value is 0.174. The van der Waals surface area contributed by atoms with Crippen LogP contribution in [0.3, 0.4) is 0 Å². The highest BCUT2D eigenvalue weighted by Gasteiger charge is 2.20. The Morgan fingerprint density at radius 1 is 0.636 bits per heavy atom. The molecule has 132 valence electrons. The molecule has 0 aromatic rings. The van der Waals surface area contributed by atoms with Gasteiger partial charge in [-0.05, 0) is 24.9 Å². The molecule has 0 fully saturated rings. The van der Waals surface area contributed by atoms with E-state index in [0.29, 0.717) is 0 Å². The highest BCUT2D eigenvalue weighted by atomic mass is 28.3. The molecule has 0 nitrogen and oxygen atoms in total. The second-order valence-electron chi connectivity index (χ2n) is 9.60. The molecule has 0 saturated heterocycles. The SMILES string of the molecule is CCCCCCCCCCC=C(C[Si](C)(C)C)C[Si](C)(C)C. The molecule has 0 rings (SSSR count). The molecule has 0 atom stereocenters. The van der Waals surface area contributed by atoms with Gasteiger partial charge in [-0.15, -0.1) is 0 Å². The zero-order valence-electron chi connectivity index (χ0n) is 16.9. The zero-order valence-corrected chi connectivity index (χ0v) is 18.9. The van der Waals surface area contributed by atoms with Crippen molar-refractivity contribution in [1.82, 2.24) is 0 Å². The van der Waals surface area contributed by atoms with Gasteiger partial charge in [0.2, 0.25) is 0 Å². The van der Waals surface area contributed by atoms with Gasteiger partial charge in [0, 0.05) is 16.1 Å². The smallest absolute Gasteiger partial charge is 0.0483 e. The highest BCUT2D eigenvalue weighted by Crippen LogP contribution is 2.26. The average molecular weight is 341 g/mol. The maximum absolute atomic E-state index is 2.63. The molecule has 0 bridgehead atoms. The number of rotatable bonds is 13. The Morgan fingerprint density at radius 2 is 1.05 bits per heavy atom. The van der Waals surface area contributed by atoms with Crippen LogP contribution in [-0.4, -0.2) is 16.1 Å². The predicted octanol–water partition coefficient (Wildman–Crippen LogP) is 8.12. The van der Waals surface area contributed by atoms with E-state index in [4.69, 9.17) is 0 Å². The van der Waals surface area contributed by atoms with E-state index in [-0.39, 0.29) is 0 Å². The molecule has 0 spiro atoms. The molecule has 0 aromatic carbocycles. The minimum absolute atomic E-state index is 0.960. The standard InChI is InChI=1S/C20H44Si2/c1-8-9-10-11-12-13-14-15-16-17-20(18-21(2,3)4)19-22(5,6)7/h17H,8-16,18-19H2,1-7H3. The van der Waals surface area contributed by atoms with Gasteiger partial charge in [-0.25, -0.2) is 0 Å². The van der Waals surface area contributed by atoms with Crippen molar-refractivity contribution in [2.75, 3.05) is 0 Å². The molecule has 0 aliphatic heterocycles. The van der Waals surface area contributed by atoms with Gasteiger partial charge in [-0.3, -0.25) is 0 Å². The summed E-state index contributed by atoms with van der Waals surface area (Å²) in [6.45, 7) is 17.4. The third kappa shape index (κ3) is 16.5. The minimum Gasteiger partial charge on any atom is -0.0859 e. The molecule has 0 aliphatic carbocycles. The molecule has 22 heavy (non-hydrogen) atoms. The van der Waals surface area contributed by atoms with Crippen molar-refractivity contribution in [3.05, 3.63) is 11.6 Å². The molecule has 0 saturated carbocycles. The molecule has 0 aromatic heterocycles. The third-order valence-corrected chi connectivity index (χ3v) is 7.04. The van der Waals surface area contributed by atoms with Gasteiger partial charge >= 0.3 is 0 Å². The maximum Gasteiger partial charge on any atom is 0.0483 e. The normalized spacial score (nSPS) is 12.5. The molecule has 0 radical (unpaired) electrons. The van der Waals surface area contributed by atoms with Crippen molar-refractivity contribution >= 4 is 16.1 Å². The Balaban J connectivity index is 3.99. The summed E-state index contributed by atoms with van der Waals surface area (Å²) >= 11 is 0. The Kier molecular flexibility index (Phi) is 11.8. The van der Waals surface area contributed by atoms with Crippen LogP contribution in [-0.2, 0) is 0 Å². The molecular weight excluding hydrogens is 296 g/mol. The Morgan fingerprint density at radius 3 is 1.45 bits per heavy atom. The van der Waals surface area contributed by atoms with Crippen molar-refractivity contribution in [3.8, 4) is 0 Å². The summed E-state index contributed by atoms with van der Waals surface area (Å²) in [7, 11) is -1.92. The Labute approximate surface area is 144 Å². The molecular formula is C20H44Si2. The number of hydrogen-bond donors (Lipinski definition) is 0. The molecule has 0 amide bonds. The lowest BCUT2D eigenvalue weighted by Crippen LogP contribution is -2.25. The first-order chi connectivity index (χ1) is 10.1. The lowest BCUT2D eigenvalue weighted by molar-refractivity contribution is 0.577. The topological polar surface area (TPSA) is 0 Å². The monoisotopic (exact) mass is 340 g/mol. The van der Waals surface area contributed by atoms with E-state index in [0.717, 1.165) is 0 Å². The van der Waals surface area contributed by atoms with Crippen LogP contribution in [0.25, 0.3) is 0 Å². The van der Waals surface area contributed by atoms with E-state index in [2.05, 4.69) is 52.3 Å². The first-order valence-electron chi connectivity index (χ1n) is 9.82. The largest absolute Gasteiger partial charge is 0.0859 e. The van der Waals surface area contributed by atoms with Gasteiger partial charge < -0.3 is 0 Å². The second-order valence-corrected chi connectivity index (χ2v) is 20.6. The van der Waals surface area contributed by atoms with Crippen molar-refractivity contribution in [2.45, 2.75) is 116 Å². The lowest BCUT2D eigenvalue weighted by atomic mass is 10.1. The van der Waals surface area contributed by atoms with Crippen molar-refractivity contribution < 1.29 is 0 Å². The molecule has 0 N–H and O–H groups in total. The zero-order chi connectivity index (χ0) is 17.1. The van der Waals surface area contributed by atoms with Gasteiger partial charge in [0.1, 0.15) is 0 Å². The van der Waals surface area contributed by atoms with E-state index >= 15 is 0 Å². The summed E-state index contributed by atoms with van der Waals surface area (Å²) in [4.78, 5) is 0. The summed E-state index contributed by atoms with van der Waals surface area (Å²) in [6, 6.07) is 2.85. The van der Waals surface area contributed by atoms with Crippen molar-refractivity contribution in [2.24, 2.45) is 0 Å². The molecule has 2 heteroatoms. The first kappa shape index (κ1) is 22.2. The van der Waals surface area contributed by atoms with Crippen LogP contribution in [0.15, 0.2) is 11.6 Å². The quantitative estimate of drug-likeness (QED) is 0.180. The summed E-state index contributed by atoms with van der Waals surface area (Å²) in [5.74, 6) is 0. The van der Waals surface area contributed by atoms with Crippen LogP contribution in [0.1, 0.15) is 64.7 Å². The van der Waals surface area contributed by atoms with Gasteiger partial charge in [0.25, 0.3) is 0 Å². The molecule has 0 heterocycles. The number of unbranched alkanes of at least 4 members (excludes halogenated alkanes) is 8. The number of hydrogen-bond acceptors (Lipinski definition) is 0. The molecule has 0 aliphatic rings. The van der Waals surface area contributed by atoms with E-state index in [1.54, 1.807) is 5.57 Å². The fourth-order valence-electron chi connectivity index (χ4n) is 3.15. The van der Waals surface area contributed by atoms with E-state index in [1.807, 2.05) is 0 Å². The van der Waals surface area contributed by atoms with Crippen LogP contribution < -0.4 is 0 Å². The minimum atomic E-state index is -0.960. The summed E-state index contributed by atoms with van der Waals surface area (Å²) in [5, 5.41) is 0. The van der Waals surface area contributed by atoms with Gasteiger partial charge in [-0.1, -0.05) is 103 Å². The fourth-order valence-corrected chi connectivity index (χ4v) is 6.67. The van der Waals surface area contributed by atoms with Gasteiger partial charge in [0.15, 0.2) is 0 Å².